The number of hydrogen-bond acceptors (Lipinski definition) is 5. The molecule has 0 saturated heterocycles. The molecule has 6 nitrogen and oxygen atoms in total. The quantitative estimate of drug-likeness (QED) is 0.867. The number of nitrogens with zero attached hydrogens (tertiary/aromatic N) is 2. The summed E-state index contributed by atoms with van der Waals surface area (Å²) in [4.78, 5) is 19.2. The summed E-state index contributed by atoms with van der Waals surface area (Å²) in [6, 6.07) is 9.02. The molecule has 6 heteroatoms. The summed E-state index contributed by atoms with van der Waals surface area (Å²) in [5, 5.41) is 5.58. The molecule has 0 unspecified atom stereocenters. The highest BCUT2D eigenvalue weighted by atomic mass is 16.5. The average Bonchev–Trinajstić information content (AvgIpc) is 2.40. The third kappa shape index (κ3) is 3.18. The first-order valence-corrected chi connectivity index (χ1v) is 5.27. The van der Waals surface area contributed by atoms with Gasteiger partial charge in [0.15, 0.2) is 0 Å². The van der Waals surface area contributed by atoms with Crippen molar-refractivity contribution in [3.05, 3.63) is 42.7 Å². The van der Waals surface area contributed by atoms with Gasteiger partial charge in [-0.1, -0.05) is 6.07 Å². The van der Waals surface area contributed by atoms with Crippen LogP contribution in [0.5, 0.6) is 0 Å². The Morgan fingerprint density at radius 1 is 1.17 bits per heavy atom. The maximum atomic E-state index is 11.0. The Morgan fingerprint density at radius 3 is 2.72 bits per heavy atom. The van der Waals surface area contributed by atoms with Crippen LogP contribution in [0, 0.1) is 0 Å². The summed E-state index contributed by atoms with van der Waals surface area (Å²) in [5.74, 6) is 1.12. The Balaban J connectivity index is 2.10. The van der Waals surface area contributed by atoms with Gasteiger partial charge in [-0.2, -0.15) is 0 Å². The van der Waals surface area contributed by atoms with Gasteiger partial charge in [0.25, 0.3) is 0 Å². The van der Waals surface area contributed by atoms with Crippen LogP contribution in [0.15, 0.2) is 42.7 Å². The Bertz CT molecular complexity index is 531. The Morgan fingerprint density at radius 2 is 2.00 bits per heavy atom. The van der Waals surface area contributed by atoms with Gasteiger partial charge in [0.2, 0.25) is 0 Å². The van der Waals surface area contributed by atoms with Crippen molar-refractivity contribution in [1.82, 2.24) is 9.97 Å². The smallest absolute Gasteiger partial charge is 0.412 e. The molecule has 2 aromatic heterocycles. The Hall–Kier alpha value is -2.63. The van der Waals surface area contributed by atoms with Gasteiger partial charge in [0.05, 0.1) is 7.11 Å². The first kappa shape index (κ1) is 11.8. The van der Waals surface area contributed by atoms with Crippen molar-refractivity contribution < 1.29 is 9.53 Å². The minimum Gasteiger partial charge on any atom is -0.453 e. The second-order valence-corrected chi connectivity index (χ2v) is 3.39. The summed E-state index contributed by atoms with van der Waals surface area (Å²) in [7, 11) is 1.30. The van der Waals surface area contributed by atoms with E-state index in [4.69, 9.17) is 0 Å². The second-order valence-electron chi connectivity index (χ2n) is 3.39. The van der Waals surface area contributed by atoms with E-state index in [9.17, 15) is 4.79 Å². The molecule has 2 rings (SSSR count). The molecule has 0 aliphatic heterocycles. The topological polar surface area (TPSA) is 76.1 Å². The van der Waals surface area contributed by atoms with E-state index in [1.807, 2.05) is 18.2 Å². The molecule has 1 amide bonds. The van der Waals surface area contributed by atoms with Crippen LogP contribution in [0.4, 0.5) is 22.1 Å². The summed E-state index contributed by atoms with van der Waals surface area (Å²) in [6.45, 7) is 0. The summed E-state index contributed by atoms with van der Waals surface area (Å²) in [5.41, 5.74) is 0.773. The third-order valence-electron chi connectivity index (χ3n) is 2.11. The number of carbonyl (C=O) groups is 1. The monoisotopic (exact) mass is 244 g/mol. The molecule has 0 saturated carbocycles. The lowest BCUT2D eigenvalue weighted by Gasteiger charge is -2.07. The molecule has 0 aromatic carbocycles. The normalized spacial score (nSPS) is 9.61. The van der Waals surface area contributed by atoms with Crippen LogP contribution in [0.3, 0.4) is 0 Å². The average molecular weight is 244 g/mol. The number of methoxy groups -OCH3 is 1. The second kappa shape index (κ2) is 5.62. The van der Waals surface area contributed by atoms with Crippen molar-refractivity contribution in [2.75, 3.05) is 17.7 Å². The number of anilines is 3. The van der Waals surface area contributed by atoms with Gasteiger partial charge in [0, 0.05) is 24.1 Å². The maximum absolute atomic E-state index is 11.0. The molecule has 0 fully saturated rings. The first-order chi connectivity index (χ1) is 8.78. The van der Waals surface area contributed by atoms with E-state index in [0.717, 1.165) is 5.69 Å². The Labute approximate surface area is 104 Å². The van der Waals surface area contributed by atoms with Crippen molar-refractivity contribution in [1.29, 1.82) is 0 Å². The molecular weight excluding hydrogens is 232 g/mol. The molecule has 18 heavy (non-hydrogen) atoms. The van der Waals surface area contributed by atoms with Gasteiger partial charge in [-0.15, -0.1) is 0 Å². The minimum absolute atomic E-state index is 0.405. The SMILES string of the molecule is COC(=O)Nc1cc(Nc2ccccn2)ccn1. The third-order valence-corrected chi connectivity index (χ3v) is 2.11. The van der Waals surface area contributed by atoms with Crippen molar-refractivity contribution in [2.24, 2.45) is 0 Å². The van der Waals surface area contributed by atoms with E-state index in [-0.39, 0.29) is 0 Å². The van der Waals surface area contributed by atoms with E-state index in [2.05, 4.69) is 25.3 Å². The Kier molecular flexibility index (Phi) is 3.70. The number of carbonyl (C=O) groups excluding carboxylic acids is 1. The molecule has 0 spiro atoms. The van der Waals surface area contributed by atoms with Crippen LogP contribution >= 0.6 is 0 Å². The lowest BCUT2D eigenvalue weighted by molar-refractivity contribution is 0.187. The van der Waals surface area contributed by atoms with E-state index < -0.39 is 6.09 Å². The molecule has 2 heterocycles. The van der Waals surface area contributed by atoms with Gasteiger partial charge in [-0.25, -0.2) is 14.8 Å². The number of pyridine rings is 2. The van der Waals surface area contributed by atoms with Crippen LogP contribution in [-0.2, 0) is 4.74 Å². The molecule has 92 valence electrons. The molecule has 0 aliphatic rings. The van der Waals surface area contributed by atoms with Crippen LogP contribution in [-0.4, -0.2) is 23.2 Å². The zero-order chi connectivity index (χ0) is 12.8. The van der Waals surface area contributed by atoms with Crippen LogP contribution < -0.4 is 10.6 Å². The summed E-state index contributed by atoms with van der Waals surface area (Å²) >= 11 is 0. The molecule has 0 radical (unpaired) electrons. The van der Waals surface area contributed by atoms with Gasteiger partial charge in [-0.3, -0.25) is 5.32 Å². The highest BCUT2D eigenvalue weighted by molar-refractivity contribution is 5.83. The van der Waals surface area contributed by atoms with Crippen molar-refractivity contribution in [2.45, 2.75) is 0 Å². The lowest BCUT2D eigenvalue weighted by Crippen LogP contribution is -2.12. The number of nitrogens with one attached hydrogen (secondary N) is 2. The minimum atomic E-state index is -0.558. The van der Waals surface area contributed by atoms with Gasteiger partial charge >= 0.3 is 6.09 Å². The fourth-order valence-electron chi connectivity index (χ4n) is 1.32. The van der Waals surface area contributed by atoms with Crippen LogP contribution in [0.25, 0.3) is 0 Å². The fraction of sp³-hybridized carbons (Fsp3) is 0.0833. The molecular formula is C12H12N4O2. The van der Waals surface area contributed by atoms with Crippen LogP contribution in [0.2, 0.25) is 0 Å². The highest BCUT2D eigenvalue weighted by Gasteiger charge is 2.03. The van der Waals surface area contributed by atoms with Crippen LogP contribution in [0.1, 0.15) is 0 Å². The fourth-order valence-corrected chi connectivity index (χ4v) is 1.32. The number of ether oxygens (including phenoxy) is 1. The van der Waals surface area contributed by atoms with Gasteiger partial charge < -0.3 is 10.1 Å². The molecule has 0 atom stereocenters. The lowest BCUT2D eigenvalue weighted by atomic mass is 10.3. The summed E-state index contributed by atoms with van der Waals surface area (Å²) < 4.78 is 4.49. The first-order valence-electron chi connectivity index (χ1n) is 5.27. The van der Waals surface area contributed by atoms with Crippen molar-refractivity contribution in [3.63, 3.8) is 0 Å². The highest BCUT2D eigenvalue weighted by Crippen LogP contribution is 2.16. The predicted octanol–water partition coefficient (Wildman–Crippen LogP) is 2.40. The number of rotatable bonds is 3. The predicted molar refractivity (Wildman–Crippen MR) is 67.8 cm³/mol. The molecule has 2 N–H and O–H groups in total. The van der Waals surface area contributed by atoms with Gasteiger partial charge in [0.1, 0.15) is 11.6 Å². The van der Waals surface area contributed by atoms with Crippen molar-refractivity contribution >= 4 is 23.4 Å². The van der Waals surface area contributed by atoms with E-state index in [1.165, 1.54) is 7.11 Å². The zero-order valence-corrected chi connectivity index (χ0v) is 9.75. The molecule has 2 aromatic rings. The standard InChI is InChI=1S/C12H12N4O2/c1-18-12(17)16-11-8-9(5-7-14-11)15-10-4-2-3-6-13-10/h2-8H,1H3,(H2,13,14,15,16,17). The number of amides is 1. The largest absolute Gasteiger partial charge is 0.453 e. The van der Waals surface area contributed by atoms with E-state index in [0.29, 0.717) is 11.6 Å². The maximum Gasteiger partial charge on any atom is 0.412 e. The molecule has 0 bridgehead atoms. The molecule has 0 aliphatic carbocycles. The zero-order valence-electron chi connectivity index (χ0n) is 9.75. The number of hydrogen-bond donors (Lipinski definition) is 2. The summed E-state index contributed by atoms with van der Waals surface area (Å²) in [6.07, 6.45) is 2.71. The van der Waals surface area contributed by atoms with E-state index >= 15 is 0 Å². The van der Waals surface area contributed by atoms with Crippen molar-refractivity contribution in [3.8, 4) is 0 Å². The van der Waals surface area contributed by atoms with Gasteiger partial charge in [-0.05, 0) is 18.2 Å². The van der Waals surface area contributed by atoms with E-state index in [1.54, 1.807) is 24.5 Å². The number of aromatic nitrogens is 2.